The summed E-state index contributed by atoms with van der Waals surface area (Å²) >= 11 is 6.06. The van der Waals surface area contributed by atoms with Crippen LogP contribution in [-0.4, -0.2) is 6.54 Å². The van der Waals surface area contributed by atoms with Gasteiger partial charge in [0, 0.05) is 11.6 Å². The van der Waals surface area contributed by atoms with Crippen molar-refractivity contribution >= 4 is 11.6 Å². The fourth-order valence-electron chi connectivity index (χ4n) is 2.37. The third kappa shape index (κ3) is 3.99. The highest BCUT2D eigenvalue weighted by Gasteiger charge is 2.09. The number of hydrogen-bond donors (Lipinski definition) is 1. The lowest BCUT2D eigenvalue weighted by Gasteiger charge is -2.15. The SMILES string of the molecule is CCNCc1ccc(Oc2c(C)cc(Cl)cc2C)c(C)c1. The number of ether oxygens (including phenoxy) is 1. The Morgan fingerprint density at radius 1 is 1.00 bits per heavy atom. The molecule has 2 aromatic rings. The van der Waals surface area contributed by atoms with Crippen LogP contribution in [0.4, 0.5) is 0 Å². The van der Waals surface area contributed by atoms with Crippen molar-refractivity contribution in [3.8, 4) is 11.5 Å². The van der Waals surface area contributed by atoms with Gasteiger partial charge in [0.05, 0.1) is 0 Å². The Morgan fingerprint density at radius 2 is 1.67 bits per heavy atom. The first kappa shape index (κ1) is 15.9. The maximum atomic E-state index is 6.11. The number of rotatable bonds is 5. The molecule has 0 amide bonds. The highest BCUT2D eigenvalue weighted by molar-refractivity contribution is 6.30. The number of benzene rings is 2. The van der Waals surface area contributed by atoms with Gasteiger partial charge in [0.25, 0.3) is 0 Å². The molecule has 2 rings (SSSR count). The van der Waals surface area contributed by atoms with E-state index in [1.807, 2.05) is 32.0 Å². The smallest absolute Gasteiger partial charge is 0.133 e. The molecule has 2 nitrogen and oxygen atoms in total. The van der Waals surface area contributed by atoms with E-state index in [4.69, 9.17) is 16.3 Å². The molecule has 0 aromatic heterocycles. The Balaban J connectivity index is 2.24. The Labute approximate surface area is 132 Å². The minimum atomic E-state index is 0.745. The Bertz CT molecular complexity index is 614. The monoisotopic (exact) mass is 303 g/mol. The van der Waals surface area contributed by atoms with E-state index >= 15 is 0 Å². The molecule has 0 aliphatic heterocycles. The minimum absolute atomic E-state index is 0.745. The van der Waals surface area contributed by atoms with Gasteiger partial charge in [-0.2, -0.15) is 0 Å². The largest absolute Gasteiger partial charge is 0.457 e. The number of nitrogens with one attached hydrogen (secondary N) is 1. The highest BCUT2D eigenvalue weighted by Crippen LogP contribution is 2.33. The van der Waals surface area contributed by atoms with Crippen molar-refractivity contribution in [3.05, 3.63) is 57.6 Å². The van der Waals surface area contributed by atoms with Crippen LogP contribution < -0.4 is 10.1 Å². The molecule has 0 aliphatic carbocycles. The van der Waals surface area contributed by atoms with Gasteiger partial charge in [0.2, 0.25) is 0 Å². The van der Waals surface area contributed by atoms with E-state index in [0.717, 1.165) is 46.3 Å². The molecule has 0 spiro atoms. The Morgan fingerprint density at radius 3 is 2.24 bits per heavy atom. The van der Waals surface area contributed by atoms with Crippen LogP contribution >= 0.6 is 11.6 Å². The Hall–Kier alpha value is -1.51. The van der Waals surface area contributed by atoms with Gasteiger partial charge in [0.15, 0.2) is 0 Å². The topological polar surface area (TPSA) is 21.3 Å². The lowest BCUT2D eigenvalue weighted by Crippen LogP contribution is -2.11. The maximum absolute atomic E-state index is 6.11. The van der Waals surface area contributed by atoms with Crippen LogP contribution in [0.25, 0.3) is 0 Å². The lowest BCUT2D eigenvalue weighted by atomic mass is 10.1. The minimum Gasteiger partial charge on any atom is -0.457 e. The zero-order valence-corrected chi connectivity index (χ0v) is 13.8. The lowest BCUT2D eigenvalue weighted by molar-refractivity contribution is 0.471. The van der Waals surface area contributed by atoms with E-state index in [1.54, 1.807) is 0 Å². The van der Waals surface area contributed by atoms with Crippen molar-refractivity contribution < 1.29 is 4.74 Å². The van der Waals surface area contributed by atoms with Crippen molar-refractivity contribution in [2.45, 2.75) is 34.2 Å². The van der Waals surface area contributed by atoms with E-state index in [1.165, 1.54) is 5.56 Å². The maximum Gasteiger partial charge on any atom is 0.133 e. The van der Waals surface area contributed by atoms with Crippen molar-refractivity contribution in [2.75, 3.05) is 6.54 Å². The van der Waals surface area contributed by atoms with Crippen molar-refractivity contribution in [3.63, 3.8) is 0 Å². The third-order valence-corrected chi connectivity index (χ3v) is 3.67. The average molecular weight is 304 g/mol. The number of aryl methyl sites for hydroxylation is 3. The Kier molecular flexibility index (Phi) is 5.27. The van der Waals surface area contributed by atoms with Gasteiger partial charge in [-0.3, -0.25) is 0 Å². The summed E-state index contributed by atoms with van der Waals surface area (Å²) in [6.45, 7) is 10.1. The second-order valence-corrected chi connectivity index (χ2v) is 5.79. The zero-order valence-electron chi connectivity index (χ0n) is 13.1. The van der Waals surface area contributed by atoms with Gasteiger partial charge in [-0.1, -0.05) is 30.7 Å². The molecule has 0 saturated heterocycles. The summed E-state index contributed by atoms with van der Waals surface area (Å²) in [6, 6.07) is 10.2. The van der Waals surface area contributed by atoms with E-state index in [0.29, 0.717) is 0 Å². The summed E-state index contributed by atoms with van der Waals surface area (Å²) in [5.74, 6) is 1.78. The molecule has 0 fully saturated rings. The summed E-state index contributed by atoms with van der Waals surface area (Å²) in [7, 11) is 0. The van der Waals surface area contributed by atoms with Gasteiger partial charge >= 0.3 is 0 Å². The van der Waals surface area contributed by atoms with Crippen LogP contribution in [0.5, 0.6) is 11.5 Å². The molecule has 112 valence electrons. The molecule has 3 heteroatoms. The van der Waals surface area contributed by atoms with Crippen LogP contribution in [-0.2, 0) is 6.54 Å². The average Bonchev–Trinajstić information content (AvgIpc) is 2.42. The van der Waals surface area contributed by atoms with E-state index < -0.39 is 0 Å². The first-order chi connectivity index (χ1) is 10.0. The van der Waals surface area contributed by atoms with Crippen LogP contribution in [0.15, 0.2) is 30.3 Å². The summed E-state index contributed by atoms with van der Waals surface area (Å²) in [5.41, 5.74) is 4.51. The van der Waals surface area contributed by atoms with Gasteiger partial charge in [-0.05, 0) is 67.8 Å². The molecule has 0 atom stereocenters. The predicted octanol–water partition coefficient (Wildman–Crippen LogP) is 5.17. The molecule has 0 bridgehead atoms. The van der Waals surface area contributed by atoms with E-state index in [9.17, 15) is 0 Å². The first-order valence-electron chi connectivity index (χ1n) is 7.26. The molecular formula is C18H22ClNO. The second kappa shape index (κ2) is 6.97. The molecule has 2 aromatic carbocycles. The summed E-state index contributed by atoms with van der Waals surface area (Å²) in [5, 5.41) is 4.08. The summed E-state index contributed by atoms with van der Waals surface area (Å²) < 4.78 is 6.11. The third-order valence-electron chi connectivity index (χ3n) is 3.46. The molecule has 0 saturated carbocycles. The van der Waals surface area contributed by atoms with Crippen LogP contribution in [0.1, 0.15) is 29.2 Å². The quantitative estimate of drug-likeness (QED) is 0.823. The fraction of sp³-hybridized carbons (Fsp3) is 0.333. The molecule has 0 unspecified atom stereocenters. The van der Waals surface area contributed by atoms with Crippen molar-refractivity contribution in [1.82, 2.24) is 5.32 Å². The molecule has 21 heavy (non-hydrogen) atoms. The van der Waals surface area contributed by atoms with E-state index in [-0.39, 0.29) is 0 Å². The summed E-state index contributed by atoms with van der Waals surface area (Å²) in [4.78, 5) is 0. The summed E-state index contributed by atoms with van der Waals surface area (Å²) in [6.07, 6.45) is 0. The normalized spacial score (nSPS) is 10.7. The van der Waals surface area contributed by atoms with Gasteiger partial charge in [0.1, 0.15) is 11.5 Å². The van der Waals surface area contributed by atoms with Crippen LogP contribution in [0, 0.1) is 20.8 Å². The number of halogens is 1. The molecular weight excluding hydrogens is 282 g/mol. The van der Waals surface area contributed by atoms with Gasteiger partial charge in [-0.15, -0.1) is 0 Å². The highest BCUT2D eigenvalue weighted by atomic mass is 35.5. The first-order valence-corrected chi connectivity index (χ1v) is 7.64. The second-order valence-electron chi connectivity index (χ2n) is 5.35. The molecule has 0 aliphatic rings. The standard InChI is InChI=1S/C18H22ClNO/c1-5-20-11-15-6-7-17(12(2)8-15)21-18-13(3)9-16(19)10-14(18)4/h6-10,20H,5,11H2,1-4H3. The predicted molar refractivity (Wildman–Crippen MR) is 89.6 cm³/mol. The van der Waals surface area contributed by atoms with Gasteiger partial charge in [-0.25, -0.2) is 0 Å². The zero-order chi connectivity index (χ0) is 15.4. The van der Waals surface area contributed by atoms with Gasteiger partial charge < -0.3 is 10.1 Å². The van der Waals surface area contributed by atoms with E-state index in [2.05, 4.69) is 31.3 Å². The van der Waals surface area contributed by atoms with Crippen LogP contribution in [0.2, 0.25) is 5.02 Å². The van der Waals surface area contributed by atoms with Crippen LogP contribution in [0.3, 0.4) is 0 Å². The van der Waals surface area contributed by atoms with Crippen molar-refractivity contribution in [2.24, 2.45) is 0 Å². The number of hydrogen-bond acceptors (Lipinski definition) is 2. The molecule has 0 heterocycles. The molecule has 1 N–H and O–H groups in total. The van der Waals surface area contributed by atoms with Crippen molar-refractivity contribution in [1.29, 1.82) is 0 Å². The fourth-order valence-corrected chi connectivity index (χ4v) is 2.70. The molecule has 0 radical (unpaired) electrons.